The van der Waals surface area contributed by atoms with Crippen molar-refractivity contribution in [2.45, 2.75) is 52.4 Å². The van der Waals surface area contributed by atoms with Crippen LogP contribution in [-0.2, 0) is 6.54 Å². The lowest BCUT2D eigenvalue weighted by Gasteiger charge is -2.25. The molecule has 7 heteroatoms. The van der Waals surface area contributed by atoms with E-state index >= 15 is 0 Å². The molecule has 1 aromatic rings. The normalized spacial score (nSPS) is 12.5. The lowest BCUT2D eigenvalue weighted by atomic mass is 10.1. The predicted octanol–water partition coefficient (Wildman–Crippen LogP) is 3.14. The van der Waals surface area contributed by atoms with Crippen molar-refractivity contribution in [3.05, 3.63) is 18.1 Å². The molecule has 0 aliphatic heterocycles. The third-order valence-electron chi connectivity index (χ3n) is 2.66. The summed E-state index contributed by atoms with van der Waals surface area (Å²) >= 11 is 0. The Bertz CT molecular complexity index is 441. The largest absolute Gasteiger partial charge is 0.405 e. The van der Waals surface area contributed by atoms with Crippen LogP contribution in [0.3, 0.4) is 0 Å². The van der Waals surface area contributed by atoms with Crippen LogP contribution >= 0.6 is 0 Å². The standard InChI is InChI=1S/C14H23F3N4/c1-5-6-21(10-14(15,16)17)12-9-18-7-11(20-12)8-19-13(2,3)4/h7,9,19H,5-6,8,10H2,1-4H3. The number of rotatable bonds is 6. The van der Waals surface area contributed by atoms with E-state index in [0.29, 0.717) is 25.2 Å². The zero-order valence-corrected chi connectivity index (χ0v) is 13.0. The number of nitrogens with one attached hydrogen (secondary N) is 1. The van der Waals surface area contributed by atoms with Crippen LogP contribution in [0.25, 0.3) is 0 Å². The van der Waals surface area contributed by atoms with Crippen LogP contribution in [0.15, 0.2) is 12.4 Å². The third-order valence-corrected chi connectivity index (χ3v) is 2.66. The number of aromatic nitrogens is 2. The molecule has 0 fully saturated rings. The molecule has 0 atom stereocenters. The van der Waals surface area contributed by atoms with Gasteiger partial charge in [-0.15, -0.1) is 0 Å². The molecule has 0 spiro atoms. The molecule has 0 unspecified atom stereocenters. The predicted molar refractivity (Wildman–Crippen MR) is 77.2 cm³/mol. The van der Waals surface area contributed by atoms with Crippen molar-refractivity contribution in [3.63, 3.8) is 0 Å². The summed E-state index contributed by atoms with van der Waals surface area (Å²) < 4.78 is 37.9. The van der Waals surface area contributed by atoms with E-state index in [9.17, 15) is 13.2 Å². The fourth-order valence-corrected chi connectivity index (χ4v) is 1.75. The Morgan fingerprint density at radius 2 is 1.86 bits per heavy atom. The minimum absolute atomic E-state index is 0.0905. The van der Waals surface area contributed by atoms with Crippen LogP contribution in [0.2, 0.25) is 0 Å². The first kappa shape index (κ1) is 17.7. The topological polar surface area (TPSA) is 41.1 Å². The highest BCUT2D eigenvalue weighted by Crippen LogP contribution is 2.20. The van der Waals surface area contributed by atoms with Gasteiger partial charge in [0.1, 0.15) is 12.4 Å². The second-order valence-corrected chi connectivity index (χ2v) is 6.01. The van der Waals surface area contributed by atoms with E-state index in [1.165, 1.54) is 11.1 Å². The monoisotopic (exact) mass is 304 g/mol. The summed E-state index contributed by atoms with van der Waals surface area (Å²) in [6.45, 7) is 7.63. The molecular weight excluding hydrogens is 281 g/mol. The molecule has 1 heterocycles. The molecule has 0 amide bonds. The Morgan fingerprint density at radius 1 is 1.19 bits per heavy atom. The minimum Gasteiger partial charge on any atom is -0.346 e. The SMILES string of the molecule is CCCN(CC(F)(F)F)c1cncc(CNC(C)(C)C)n1. The van der Waals surface area contributed by atoms with Gasteiger partial charge in [0.25, 0.3) is 0 Å². The lowest BCUT2D eigenvalue weighted by Crippen LogP contribution is -2.37. The van der Waals surface area contributed by atoms with E-state index in [-0.39, 0.29) is 11.4 Å². The van der Waals surface area contributed by atoms with Crippen LogP contribution in [0.5, 0.6) is 0 Å². The Labute approximate surface area is 123 Å². The highest BCUT2D eigenvalue weighted by Gasteiger charge is 2.31. The lowest BCUT2D eigenvalue weighted by molar-refractivity contribution is -0.119. The molecule has 0 saturated carbocycles. The molecule has 0 bridgehead atoms. The molecule has 1 rings (SSSR count). The van der Waals surface area contributed by atoms with Gasteiger partial charge >= 0.3 is 6.18 Å². The van der Waals surface area contributed by atoms with Crippen LogP contribution < -0.4 is 10.2 Å². The quantitative estimate of drug-likeness (QED) is 0.876. The third kappa shape index (κ3) is 7.27. The first-order valence-corrected chi connectivity index (χ1v) is 6.98. The number of alkyl halides is 3. The maximum Gasteiger partial charge on any atom is 0.405 e. The molecule has 0 aromatic carbocycles. The molecule has 21 heavy (non-hydrogen) atoms. The summed E-state index contributed by atoms with van der Waals surface area (Å²) in [5.41, 5.74) is 0.540. The van der Waals surface area contributed by atoms with Gasteiger partial charge in [-0.05, 0) is 27.2 Å². The zero-order valence-electron chi connectivity index (χ0n) is 13.0. The number of hydrogen-bond acceptors (Lipinski definition) is 4. The summed E-state index contributed by atoms with van der Waals surface area (Å²) in [5, 5.41) is 3.24. The maximum absolute atomic E-state index is 12.6. The Balaban J connectivity index is 2.84. The molecule has 1 N–H and O–H groups in total. The van der Waals surface area contributed by atoms with Crippen molar-refractivity contribution in [1.29, 1.82) is 0 Å². The average molecular weight is 304 g/mol. The van der Waals surface area contributed by atoms with E-state index in [0.717, 1.165) is 0 Å². The molecule has 0 aliphatic carbocycles. The van der Waals surface area contributed by atoms with Gasteiger partial charge in [0.15, 0.2) is 0 Å². The van der Waals surface area contributed by atoms with Crippen LogP contribution in [0, 0.1) is 0 Å². The number of halogens is 3. The van der Waals surface area contributed by atoms with Gasteiger partial charge in [0.05, 0.1) is 11.9 Å². The fraction of sp³-hybridized carbons (Fsp3) is 0.714. The van der Waals surface area contributed by atoms with Crippen LogP contribution in [0.1, 0.15) is 39.8 Å². The van der Waals surface area contributed by atoms with Gasteiger partial charge in [-0.25, -0.2) is 4.98 Å². The first-order chi connectivity index (χ1) is 9.61. The van der Waals surface area contributed by atoms with E-state index in [4.69, 9.17) is 0 Å². The van der Waals surface area contributed by atoms with Gasteiger partial charge < -0.3 is 10.2 Å². The smallest absolute Gasteiger partial charge is 0.346 e. The van der Waals surface area contributed by atoms with Gasteiger partial charge in [-0.1, -0.05) is 6.92 Å². The minimum atomic E-state index is -4.25. The van der Waals surface area contributed by atoms with Crippen LogP contribution in [0.4, 0.5) is 19.0 Å². The Hall–Kier alpha value is -1.37. The van der Waals surface area contributed by atoms with Gasteiger partial charge in [0, 0.05) is 24.8 Å². The first-order valence-electron chi connectivity index (χ1n) is 6.98. The Morgan fingerprint density at radius 3 is 2.38 bits per heavy atom. The second kappa shape index (κ2) is 7.06. The maximum atomic E-state index is 12.6. The van der Waals surface area contributed by atoms with E-state index in [2.05, 4.69) is 15.3 Å². The highest BCUT2D eigenvalue weighted by molar-refractivity contribution is 5.36. The zero-order chi connectivity index (χ0) is 16.1. The molecule has 4 nitrogen and oxygen atoms in total. The molecule has 0 radical (unpaired) electrons. The summed E-state index contributed by atoms with van der Waals surface area (Å²) in [4.78, 5) is 9.50. The van der Waals surface area contributed by atoms with E-state index in [1.807, 2.05) is 27.7 Å². The highest BCUT2D eigenvalue weighted by atomic mass is 19.4. The number of hydrogen-bond donors (Lipinski definition) is 1. The van der Waals surface area contributed by atoms with E-state index in [1.54, 1.807) is 6.20 Å². The van der Waals surface area contributed by atoms with Crippen molar-refractivity contribution in [2.24, 2.45) is 0 Å². The van der Waals surface area contributed by atoms with Crippen molar-refractivity contribution < 1.29 is 13.2 Å². The molecular formula is C14H23F3N4. The van der Waals surface area contributed by atoms with Crippen molar-refractivity contribution in [3.8, 4) is 0 Å². The molecule has 1 aromatic heterocycles. The van der Waals surface area contributed by atoms with Crippen molar-refractivity contribution in [2.75, 3.05) is 18.0 Å². The fourth-order valence-electron chi connectivity index (χ4n) is 1.75. The molecule has 120 valence electrons. The van der Waals surface area contributed by atoms with Gasteiger partial charge in [0.2, 0.25) is 0 Å². The second-order valence-electron chi connectivity index (χ2n) is 6.01. The van der Waals surface area contributed by atoms with Crippen LogP contribution in [-0.4, -0.2) is 34.8 Å². The summed E-state index contributed by atoms with van der Waals surface area (Å²) in [6, 6.07) is 0. The molecule has 0 aliphatic rings. The van der Waals surface area contributed by atoms with Gasteiger partial charge in [-0.3, -0.25) is 4.98 Å². The van der Waals surface area contributed by atoms with E-state index < -0.39 is 12.7 Å². The summed E-state index contributed by atoms with van der Waals surface area (Å²) in [5.74, 6) is 0.266. The molecule has 0 saturated heterocycles. The summed E-state index contributed by atoms with van der Waals surface area (Å²) in [7, 11) is 0. The van der Waals surface area contributed by atoms with Gasteiger partial charge in [-0.2, -0.15) is 13.2 Å². The van der Waals surface area contributed by atoms with Crippen molar-refractivity contribution >= 4 is 5.82 Å². The number of anilines is 1. The Kier molecular flexibility index (Phi) is 5.95. The summed E-state index contributed by atoms with van der Waals surface area (Å²) in [6.07, 6.45) is -0.694. The number of nitrogens with zero attached hydrogens (tertiary/aromatic N) is 3. The average Bonchev–Trinajstić information content (AvgIpc) is 2.34. The van der Waals surface area contributed by atoms with Crippen molar-refractivity contribution in [1.82, 2.24) is 15.3 Å².